The summed E-state index contributed by atoms with van der Waals surface area (Å²) in [7, 11) is 0. The van der Waals surface area contributed by atoms with Crippen molar-refractivity contribution in [3.63, 3.8) is 0 Å². The predicted molar refractivity (Wildman–Crippen MR) is 66.0 cm³/mol. The fourth-order valence-electron chi connectivity index (χ4n) is 1.61. The molecule has 2 aromatic rings. The number of nitrogen functional groups attached to an aromatic ring is 1. The maximum Gasteiger partial charge on any atom is 0.134 e. The van der Waals surface area contributed by atoms with Crippen molar-refractivity contribution in [3.05, 3.63) is 42.4 Å². The predicted octanol–water partition coefficient (Wildman–Crippen LogP) is 2.85. The van der Waals surface area contributed by atoms with Gasteiger partial charge in [-0.1, -0.05) is 38.1 Å². The molecule has 0 aliphatic rings. The lowest BCUT2D eigenvalue weighted by atomic mass is 10.00. The molecule has 0 aliphatic carbocycles. The molecule has 16 heavy (non-hydrogen) atoms. The highest BCUT2D eigenvalue weighted by Crippen LogP contribution is 2.24. The molecule has 3 nitrogen and oxygen atoms in total. The van der Waals surface area contributed by atoms with Crippen molar-refractivity contribution in [2.45, 2.75) is 19.8 Å². The highest BCUT2D eigenvalue weighted by atomic mass is 14.9. The molecule has 1 aromatic heterocycles. The van der Waals surface area contributed by atoms with Gasteiger partial charge in [-0.2, -0.15) is 0 Å². The SMILES string of the molecule is CC(C)c1ccc(-c2cncnc2N)cc1. The monoisotopic (exact) mass is 213 g/mol. The molecule has 0 radical (unpaired) electrons. The number of benzene rings is 1. The molecule has 1 heterocycles. The molecule has 2 N–H and O–H groups in total. The number of hydrogen-bond donors (Lipinski definition) is 1. The molecule has 1 aromatic carbocycles. The van der Waals surface area contributed by atoms with Gasteiger partial charge in [0, 0.05) is 11.8 Å². The highest BCUT2D eigenvalue weighted by Gasteiger charge is 2.04. The van der Waals surface area contributed by atoms with Crippen molar-refractivity contribution in [2.24, 2.45) is 0 Å². The van der Waals surface area contributed by atoms with Crippen LogP contribution in [0.15, 0.2) is 36.8 Å². The summed E-state index contributed by atoms with van der Waals surface area (Å²) >= 11 is 0. The molecule has 0 spiro atoms. The Bertz CT molecular complexity index is 475. The number of anilines is 1. The third-order valence-corrected chi connectivity index (χ3v) is 2.63. The topological polar surface area (TPSA) is 51.8 Å². The van der Waals surface area contributed by atoms with E-state index in [-0.39, 0.29) is 0 Å². The standard InChI is InChI=1S/C13H15N3/c1-9(2)10-3-5-11(6-4-10)12-7-15-8-16-13(12)14/h3-9H,1-2H3,(H2,14,15,16). The second-order valence-corrected chi connectivity index (χ2v) is 4.10. The van der Waals surface area contributed by atoms with Crippen LogP contribution in [0.5, 0.6) is 0 Å². The smallest absolute Gasteiger partial charge is 0.134 e. The Morgan fingerprint density at radius 1 is 1.12 bits per heavy atom. The number of aromatic nitrogens is 2. The summed E-state index contributed by atoms with van der Waals surface area (Å²) in [4.78, 5) is 7.97. The van der Waals surface area contributed by atoms with E-state index in [0.29, 0.717) is 11.7 Å². The molecule has 82 valence electrons. The number of rotatable bonds is 2. The van der Waals surface area contributed by atoms with Gasteiger partial charge in [0.15, 0.2) is 0 Å². The van der Waals surface area contributed by atoms with E-state index in [1.165, 1.54) is 11.9 Å². The Labute approximate surface area is 95.4 Å². The van der Waals surface area contributed by atoms with Gasteiger partial charge in [0.05, 0.1) is 0 Å². The van der Waals surface area contributed by atoms with E-state index in [4.69, 9.17) is 5.73 Å². The molecule has 0 fully saturated rings. The van der Waals surface area contributed by atoms with E-state index < -0.39 is 0 Å². The third kappa shape index (κ3) is 2.03. The van der Waals surface area contributed by atoms with Gasteiger partial charge < -0.3 is 5.73 Å². The zero-order chi connectivity index (χ0) is 11.5. The van der Waals surface area contributed by atoms with Crippen LogP contribution in [0.25, 0.3) is 11.1 Å². The maximum absolute atomic E-state index is 5.80. The van der Waals surface area contributed by atoms with Crippen molar-refractivity contribution < 1.29 is 0 Å². The molecule has 3 heteroatoms. The van der Waals surface area contributed by atoms with Gasteiger partial charge in [0.25, 0.3) is 0 Å². The van der Waals surface area contributed by atoms with Crippen LogP contribution in [-0.4, -0.2) is 9.97 Å². The van der Waals surface area contributed by atoms with Gasteiger partial charge in [-0.15, -0.1) is 0 Å². The fourth-order valence-corrected chi connectivity index (χ4v) is 1.61. The average Bonchev–Trinajstić information content (AvgIpc) is 2.30. The zero-order valence-corrected chi connectivity index (χ0v) is 9.51. The summed E-state index contributed by atoms with van der Waals surface area (Å²) in [5, 5.41) is 0. The quantitative estimate of drug-likeness (QED) is 0.834. The second kappa shape index (κ2) is 4.31. The van der Waals surface area contributed by atoms with Crippen LogP contribution >= 0.6 is 0 Å². The Hall–Kier alpha value is -1.90. The van der Waals surface area contributed by atoms with Gasteiger partial charge in [-0.3, -0.25) is 0 Å². The molecular formula is C13H15N3. The molecule has 0 aliphatic heterocycles. The van der Waals surface area contributed by atoms with E-state index in [1.54, 1.807) is 6.20 Å². The lowest BCUT2D eigenvalue weighted by Gasteiger charge is -2.07. The normalized spacial score (nSPS) is 10.7. The number of nitrogens with two attached hydrogens (primary N) is 1. The van der Waals surface area contributed by atoms with Crippen molar-refractivity contribution in [1.82, 2.24) is 9.97 Å². The largest absolute Gasteiger partial charge is 0.383 e. The van der Waals surface area contributed by atoms with Crippen LogP contribution < -0.4 is 5.73 Å². The summed E-state index contributed by atoms with van der Waals surface area (Å²) in [6, 6.07) is 8.35. The summed E-state index contributed by atoms with van der Waals surface area (Å²) in [5.41, 5.74) is 9.06. The molecule has 2 rings (SSSR count). The Balaban J connectivity index is 2.39. The third-order valence-electron chi connectivity index (χ3n) is 2.63. The molecule has 0 atom stereocenters. The van der Waals surface area contributed by atoms with Gasteiger partial charge >= 0.3 is 0 Å². The second-order valence-electron chi connectivity index (χ2n) is 4.10. The summed E-state index contributed by atoms with van der Waals surface area (Å²) in [5.74, 6) is 1.06. The van der Waals surface area contributed by atoms with Crippen LogP contribution in [0.3, 0.4) is 0 Å². The highest BCUT2D eigenvalue weighted by molar-refractivity contribution is 5.72. The van der Waals surface area contributed by atoms with Crippen molar-refractivity contribution >= 4 is 5.82 Å². The zero-order valence-electron chi connectivity index (χ0n) is 9.51. The molecular weight excluding hydrogens is 198 g/mol. The molecule has 0 unspecified atom stereocenters. The Kier molecular flexibility index (Phi) is 2.86. The first-order valence-electron chi connectivity index (χ1n) is 5.34. The minimum absolute atomic E-state index is 0.521. The van der Waals surface area contributed by atoms with Crippen LogP contribution in [0.4, 0.5) is 5.82 Å². The first-order chi connectivity index (χ1) is 7.68. The van der Waals surface area contributed by atoms with E-state index in [9.17, 15) is 0 Å². The summed E-state index contributed by atoms with van der Waals surface area (Å²) in [6.45, 7) is 4.35. The summed E-state index contributed by atoms with van der Waals surface area (Å²) < 4.78 is 0. The lowest BCUT2D eigenvalue weighted by Crippen LogP contribution is -1.95. The maximum atomic E-state index is 5.80. The number of nitrogens with zero attached hydrogens (tertiary/aromatic N) is 2. The first-order valence-corrected chi connectivity index (χ1v) is 5.34. The van der Waals surface area contributed by atoms with Crippen molar-refractivity contribution in [3.8, 4) is 11.1 Å². The van der Waals surface area contributed by atoms with Gasteiger partial charge in [-0.25, -0.2) is 9.97 Å². The van der Waals surface area contributed by atoms with E-state index in [2.05, 4.69) is 48.1 Å². The van der Waals surface area contributed by atoms with Gasteiger partial charge in [0.2, 0.25) is 0 Å². The Morgan fingerprint density at radius 3 is 2.38 bits per heavy atom. The Morgan fingerprint density at radius 2 is 1.81 bits per heavy atom. The van der Waals surface area contributed by atoms with Gasteiger partial charge in [-0.05, 0) is 17.0 Å². The van der Waals surface area contributed by atoms with Crippen LogP contribution in [0.2, 0.25) is 0 Å². The van der Waals surface area contributed by atoms with Gasteiger partial charge in [0.1, 0.15) is 12.1 Å². The van der Waals surface area contributed by atoms with Crippen molar-refractivity contribution in [1.29, 1.82) is 0 Å². The van der Waals surface area contributed by atoms with Crippen molar-refractivity contribution in [2.75, 3.05) is 5.73 Å². The molecule has 0 saturated heterocycles. The van der Waals surface area contributed by atoms with Crippen LogP contribution in [0, 0.1) is 0 Å². The molecule has 0 saturated carbocycles. The molecule has 0 amide bonds. The minimum atomic E-state index is 0.521. The fraction of sp³-hybridized carbons (Fsp3) is 0.231. The molecule has 0 bridgehead atoms. The average molecular weight is 213 g/mol. The number of hydrogen-bond acceptors (Lipinski definition) is 3. The minimum Gasteiger partial charge on any atom is -0.383 e. The van der Waals surface area contributed by atoms with Crippen LogP contribution in [0.1, 0.15) is 25.3 Å². The van der Waals surface area contributed by atoms with E-state index >= 15 is 0 Å². The lowest BCUT2D eigenvalue weighted by molar-refractivity contribution is 0.867. The first kappa shape index (κ1) is 10.6. The van der Waals surface area contributed by atoms with E-state index in [1.807, 2.05) is 0 Å². The summed E-state index contributed by atoms with van der Waals surface area (Å²) in [6.07, 6.45) is 3.20. The van der Waals surface area contributed by atoms with E-state index in [0.717, 1.165) is 11.1 Å². The van der Waals surface area contributed by atoms with Crippen LogP contribution in [-0.2, 0) is 0 Å².